The molecule has 0 radical (unpaired) electrons. The van der Waals surface area contributed by atoms with Crippen LogP contribution in [0.15, 0.2) is 4.49 Å². The molecule has 0 nitrogen and oxygen atoms in total. The summed E-state index contributed by atoms with van der Waals surface area (Å²) in [5, 5.41) is 0. The van der Waals surface area contributed by atoms with Gasteiger partial charge in [0.1, 0.15) is 0 Å². The molecule has 0 heterocycles. The molecule has 0 aromatic carbocycles. The van der Waals surface area contributed by atoms with Crippen molar-refractivity contribution in [2.45, 2.75) is 0 Å². The molecule has 0 spiro atoms. The van der Waals surface area contributed by atoms with Crippen molar-refractivity contribution < 1.29 is 18.9 Å². The summed E-state index contributed by atoms with van der Waals surface area (Å²) in [4.78, 5) is 0. The Morgan fingerprint density at radius 2 is 1.50 bits per heavy atom. The van der Waals surface area contributed by atoms with Crippen LogP contribution in [0.1, 0.15) is 0 Å². The second-order valence-electron chi connectivity index (χ2n) is 0.355. The third kappa shape index (κ3) is 8.96. The zero-order valence-electron chi connectivity index (χ0n) is 3.13. The summed E-state index contributed by atoms with van der Waals surface area (Å²) in [5.41, 5.74) is 1.95. The molecule has 0 aliphatic carbocycles. The van der Waals surface area contributed by atoms with Crippen LogP contribution < -0.4 is 18.9 Å². The Labute approximate surface area is 63.6 Å². The van der Waals surface area contributed by atoms with Gasteiger partial charge in [-0.1, -0.05) is 4.49 Å². The van der Waals surface area contributed by atoms with E-state index in [4.69, 9.17) is 34.8 Å². The van der Waals surface area contributed by atoms with Gasteiger partial charge < -0.3 is 17.1 Å². The van der Waals surface area contributed by atoms with Crippen molar-refractivity contribution >= 4 is 34.8 Å². The maximum atomic E-state index is 4.90. The van der Waals surface area contributed by atoms with Crippen LogP contribution in [0.2, 0.25) is 0 Å². The maximum absolute atomic E-state index is 4.90. The number of halogens is 3. The van der Waals surface area contributed by atoms with Gasteiger partial charge in [-0.2, -0.15) is 0 Å². The van der Waals surface area contributed by atoms with Gasteiger partial charge in [0.2, 0.25) is 0 Å². The van der Waals surface area contributed by atoms with Crippen LogP contribution in [0.3, 0.4) is 0 Å². The fourth-order valence-corrected chi connectivity index (χ4v) is 0. The number of hydrogen-bond acceptors (Lipinski definition) is 0. The molecular weight excluding hydrogens is 137 g/mol. The Kier molecular flexibility index (Phi) is 10.6. The molecule has 0 aliphatic rings. The first-order valence-corrected chi connectivity index (χ1v) is 1.95. The van der Waals surface area contributed by atoms with Crippen LogP contribution in [-0.2, 0) is 0 Å². The Morgan fingerprint density at radius 3 is 1.50 bits per heavy atom. The molecule has 0 saturated carbocycles. The van der Waals surface area contributed by atoms with Gasteiger partial charge in [0.25, 0.3) is 0 Å². The Morgan fingerprint density at radius 1 is 1.33 bits per heavy atom. The summed E-state index contributed by atoms with van der Waals surface area (Å²) in [5.74, 6) is 0. The largest absolute Gasteiger partial charge is 1.00 e. The summed E-state index contributed by atoms with van der Waals surface area (Å²) in [6, 6.07) is 0. The van der Waals surface area contributed by atoms with Gasteiger partial charge in [-0.25, -0.2) is 0 Å². The van der Waals surface area contributed by atoms with E-state index in [1.807, 2.05) is 5.54 Å². The molecule has 0 unspecified atom stereocenters. The van der Waals surface area contributed by atoms with E-state index in [0.717, 1.165) is 0 Å². The Hall–Kier alpha value is 1.21. The van der Waals surface area contributed by atoms with Crippen molar-refractivity contribution in [1.82, 2.24) is 0 Å². The van der Waals surface area contributed by atoms with Gasteiger partial charge in [0.05, 0.1) is 0 Å². The van der Waals surface area contributed by atoms with Crippen molar-refractivity contribution in [2.75, 3.05) is 0 Å². The van der Waals surface area contributed by atoms with E-state index in [1.165, 1.54) is 0 Å². The average Bonchev–Trinajstić information content (AvgIpc) is 1.38. The van der Waals surface area contributed by atoms with Gasteiger partial charge in [-0.3, -0.25) is 0 Å². The molecule has 0 saturated heterocycles. The van der Waals surface area contributed by atoms with E-state index >= 15 is 0 Å². The van der Waals surface area contributed by atoms with Gasteiger partial charge in [0, 0.05) is 0 Å². The van der Waals surface area contributed by atoms with Gasteiger partial charge in [0.15, 0.2) is 0 Å². The van der Waals surface area contributed by atoms with Gasteiger partial charge >= 0.3 is 18.9 Å². The molecule has 0 atom stereocenters. The Bertz CT molecular complexity index is 46.8. The van der Waals surface area contributed by atoms with E-state index in [1.54, 1.807) is 0 Å². The summed E-state index contributed by atoms with van der Waals surface area (Å²) < 4.78 is -0.0355. The summed E-state index contributed by atoms with van der Waals surface area (Å²) in [7, 11) is 0. The molecule has 0 N–H and O–H groups in total. The molecule has 0 amide bonds. The second-order valence-corrected chi connectivity index (χ2v) is 1.49. The first-order chi connectivity index (χ1) is 2.27. The molecule has 30 valence electrons. The van der Waals surface area contributed by atoms with Crippen LogP contribution in [0.4, 0.5) is 0 Å². The standard InChI is InChI=1S/C2Cl3.Li/c3-1-2(4)5;/q-1;+1. The van der Waals surface area contributed by atoms with Crippen molar-refractivity contribution in [1.29, 1.82) is 0 Å². The smallest absolute Gasteiger partial charge is 0.366 e. The molecule has 0 bridgehead atoms. The number of rotatable bonds is 0. The predicted octanol–water partition coefficient (Wildman–Crippen LogP) is -0.691. The fraction of sp³-hybridized carbons (Fsp3) is 0. The molecule has 0 aliphatic heterocycles. The summed E-state index contributed by atoms with van der Waals surface area (Å²) in [6.45, 7) is 0. The van der Waals surface area contributed by atoms with Crippen molar-refractivity contribution in [3.8, 4) is 0 Å². The second kappa shape index (κ2) is 6.21. The minimum Gasteiger partial charge on any atom is -0.366 e. The zero-order valence-corrected chi connectivity index (χ0v) is 5.40. The molecule has 0 fully saturated rings. The predicted molar refractivity (Wildman–Crippen MR) is 24.3 cm³/mol. The van der Waals surface area contributed by atoms with E-state index < -0.39 is 0 Å². The van der Waals surface area contributed by atoms with E-state index in [0.29, 0.717) is 0 Å². The van der Waals surface area contributed by atoms with Crippen molar-refractivity contribution in [3.63, 3.8) is 0 Å². The fourth-order valence-electron chi connectivity index (χ4n) is 0. The van der Waals surface area contributed by atoms with Crippen LogP contribution >= 0.6 is 34.8 Å². The van der Waals surface area contributed by atoms with Gasteiger partial charge in [-0.05, 0) is 0 Å². The van der Waals surface area contributed by atoms with E-state index in [2.05, 4.69) is 0 Å². The zero-order chi connectivity index (χ0) is 4.28. The maximum Gasteiger partial charge on any atom is 1.00 e. The van der Waals surface area contributed by atoms with Crippen LogP contribution in [0.5, 0.6) is 0 Å². The quantitative estimate of drug-likeness (QED) is 0.306. The summed E-state index contributed by atoms with van der Waals surface area (Å²) in [6.07, 6.45) is 0. The first kappa shape index (κ1) is 10.2. The van der Waals surface area contributed by atoms with Crippen molar-refractivity contribution in [3.05, 3.63) is 10.0 Å². The number of hydrogen-bond donors (Lipinski definition) is 0. The average molecular weight is 137 g/mol. The van der Waals surface area contributed by atoms with Crippen LogP contribution in [0, 0.1) is 5.54 Å². The summed E-state index contributed by atoms with van der Waals surface area (Å²) >= 11 is 14.6. The van der Waals surface area contributed by atoms with E-state index in [9.17, 15) is 0 Å². The third-order valence-corrected chi connectivity index (χ3v) is 0.643. The molecule has 0 aromatic rings. The SMILES string of the molecule is Cl[C-]=C(Cl)Cl.[Li+]. The van der Waals surface area contributed by atoms with Crippen LogP contribution in [-0.4, -0.2) is 0 Å². The monoisotopic (exact) mass is 136 g/mol. The molecule has 6 heavy (non-hydrogen) atoms. The molecule has 0 aromatic heterocycles. The minimum absolute atomic E-state index is 0. The molecular formula is C2Cl3Li. The molecule has 4 heteroatoms. The van der Waals surface area contributed by atoms with Crippen molar-refractivity contribution in [2.24, 2.45) is 0 Å². The van der Waals surface area contributed by atoms with Gasteiger partial charge in [-0.15, -0.1) is 23.2 Å². The topological polar surface area (TPSA) is 0 Å². The normalized spacial score (nSPS) is 5.83. The molecule has 0 rings (SSSR count). The third-order valence-electron chi connectivity index (χ3n) is 0.0714. The van der Waals surface area contributed by atoms with Crippen LogP contribution in [0.25, 0.3) is 0 Å². The Balaban J connectivity index is 0. The minimum atomic E-state index is -0.0355. The van der Waals surface area contributed by atoms with E-state index in [-0.39, 0.29) is 23.4 Å². The first-order valence-electron chi connectivity index (χ1n) is 0.817.